The van der Waals surface area contributed by atoms with Crippen molar-refractivity contribution in [2.75, 3.05) is 46.8 Å². The number of nitrogens with zero attached hydrogens (tertiary/aromatic N) is 3. The largest absolute Gasteiger partial charge is 0.335 e. The molecule has 0 bridgehead atoms. The van der Waals surface area contributed by atoms with Crippen LogP contribution < -0.4 is 5.32 Å². The van der Waals surface area contributed by atoms with Gasteiger partial charge in [-0.15, -0.1) is 0 Å². The Morgan fingerprint density at radius 2 is 1.71 bits per heavy atom. The van der Waals surface area contributed by atoms with Crippen molar-refractivity contribution in [1.29, 1.82) is 0 Å². The predicted molar refractivity (Wildman–Crippen MR) is 98.2 cm³/mol. The van der Waals surface area contributed by atoms with Crippen molar-refractivity contribution in [3.63, 3.8) is 0 Å². The number of likely N-dealkylation sites (tertiary alicyclic amines) is 2. The molecule has 3 aliphatic rings. The monoisotopic (exact) mass is 336 g/mol. The van der Waals surface area contributed by atoms with E-state index in [0.717, 1.165) is 51.4 Å². The summed E-state index contributed by atoms with van der Waals surface area (Å²) in [6.07, 6.45) is 10.3. The Hall–Kier alpha value is -0.810. The topological polar surface area (TPSA) is 38.8 Å². The summed E-state index contributed by atoms with van der Waals surface area (Å²) in [6, 6.07) is 1.05. The van der Waals surface area contributed by atoms with Crippen LogP contribution in [0.4, 0.5) is 4.79 Å². The highest BCUT2D eigenvalue weighted by atomic mass is 16.2. The molecule has 1 saturated carbocycles. The van der Waals surface area contributed by atoms with Crippen molar-refractivity contribution in [2.45, 2.75) is 63.5 Å². The lowest BCUT2D eigenvalue weighted by atomic mass is 10.0. The lowest BCUT2D eigenvalue weighted by Crippen LogP contribution is -2.54. The summed E-state index contributed by atoms with van der Waals surface area (Å²) in [5.74, 6) is 0.937. The van der Waals surface area contributed by atoms with Gasteiger partial charge in [0, 0.05) is 44.8 Å². The zero-order valence-electron chi connectivity index (χ0n) is 15.7. The molecule has 3 fully saturated rings. The fourth-order valence-electron chi connectivity index (χ4n) is 4.64. The molecule has 1 aliphatic carbocycles. The first-order valence-electron chi connectivity index (χ1n) is 10.1. The van der Waals surface area contributed by atoms with E-state index in [2.05, 4.69) is 29.2 Å². The molecule has 2 saturated heterocycles. The van der Waals surface area contributed by atoms with E-state index in [1.165, 1.54) is 38.6 Å². The van der Waals surface area contributed by atoms with Crippen LogP contribution in [0.5, 0.6) is 0 Å². The van der Waals surface area contributed by atoms with Crippen LogP contribution in [0.1, 0.15) is 51.4 Å². The summed E-state index contributed by atoms with van der Waals surface area (Å²) >= 11 is 0. The molecule has 2 aliphatic heterocycles. The maximum absolute atomic E-state index is 12.6. The van der Waals surface area contributed by atoms with Gasteiger partial charge in [0.2, 0.25) is 0 Å². The molecule has 1 unspecified atom stereocenters. The Labute approximate surface area is 147 Å². The second-order valence-corrected chi connectivity index (χ2v) is 8.38. The molecule has 1 atom stereocenters. The van der Waals surface area contributed by atoms with E-state index in [1.54, 1.807) is 0 Å². The lowest BCUT2D eigenvalue weighted by molar-refractivity contribution is 0.130. The Kier molecular flexibility index (Phi) is 6.39. The molecule has 0 aromatic heterocycles. The van der Waals surface area contributed by atoms with Gasteiger partial charge in [0.15, 0.2) is 0 Å². The molecule has 5 nitrogen and oxygen atoms in total. The van der Waals surface area contributed by atoms with E-state index in [1.807, 2.05) is 4.90 Å². The number of hydrogen-bond acceptors (Lipinski definition) is 3. The number of amides is 2. The van der Waals surface area contributed by atoms with Crippen LogP contribution in [0.3, 0.4) is 0 Å². The highest BCUT2D eigenvalue weighted by molar-refractivity contribution is 5.74. The van der Waals surface area contributed by atoms with Crippen LogP contribution in [0.25, 0.3) is 0 Å². The first-order valence-corrected chi connectivity index (χ1v) is 10.1. The number of carbonyl (C=O) groups is 1. The van der Waals surface area contributed by atoms with E-state index in [-0.39, 0.29) is 6.03 Å². The summed E-state index contributed by atoms with van der Waals surface area (Å²) in [6.45, 7) is 5.39. The van der Waals surface area contributed by atoms with Gasteiger partial charge < -0.3 is 20.0 Å². The first kappa shape index (κ1) is 18.0. The van der Waals surface area contributed by atoms with Crippen LogP contribution in [-0.4, -0.2) is 79.6 Å². The molecule has 2 amide bonds. The molecule has 1 N–H and O–H groups in total. The van der Waals surface area contributed by atoms with Gasteiger partial charge >= 0.3 is 6.03 Å². The smallest absolute Gasteiger partial charge is 0.317 e. The standard InChI is InChI=1S/C19H36N4O/c1-21(2)18-8-5-11-23(15-18)19(24)20-17-9-12-22(13-10-17)14-16-6-3-4-7-16/h16-18H,3-15H2,1-2H3,(H,20,24). The van der Waals surface area contributed by atoms with Crippen LogP contribution in [0.2, 0.25) is 0 Å². The van der Waals surface area contributed by atoms with Gasteiger partial charge in [-0.2, -0.15) is 0 Å². The number of rotatable bonds is 4. The summed E-state index contributed by atoms with van der Waals surface area (Å²) in [5.41, 5.74) is 0. The van der Waals surface area contributed by atoms with Crippen LogP contribution >= 0.6 is 0 Å². The third-order valence-corrected chi connectivity index (χ3v) is 6.32. The highest BCUT2D eigenvalue weighted by Gasteiger charge is 2.28. The van der Waals surface area contributed by atoms with E-state index in [9.17, 15) is 4.79 Å². The summed E-state index contributed by atoms with van der Waals surface area (Å²) in [4.78, 5) is 19.5. The molecule has 0 radical (unpaired) electrons. The summed E-state index contributed by atoms with van der Waals surface area (Å²) < 4.78 is 0. The fraction of sp³-hybridized carbons (Fsp3) is 0.947. The Morgan fingerprint density at radius 3 is 2.38 bits per heavy atom. The van der Waals surface area contributed by atoms with Crippen molar-refractivity contribution in [3.8, 4) is 0 Å². The zero-order valence-corrected chi connectivity index (χ0v) is 15.7. The molecule has 5 heteroatoms. The quantitative estimate of drug-likeness (QED) is 0.857. The molecule has 0 spiro atoms. The van der Waals surface area contributed by atoms with Crippen molar-refractivity contribution in [1.82, 2.24) is 20.0 Å². The number of urea groups is 1. The van der Waals surface area contributed by atoms with Gasteiger partial charge in [-0.1, -0.05) is 12.8 Å². The molecule has 2 heterocycles. The molecule has 24 heavy (non-hydrogen) atoms. The maximum Gasteiger partial charge on any atom is 0.317 e. The molecular formula is C19H36N4O. The Bertz CT molecular complexity index is 400. The minimum atomic E-state index is 0.163. The SMILES string of the molecule is CN(C)C1CCCN(C(=O)NC2CCN(CC3CCCC3)CC2)C1. The average Bonchev–Trinajstić information content (AvgIpc) is 3.10. The first-order chi connectivity index (χ1) is 11.6. The van der Waals surface area contributed by atoms with Gasteiger partial charge in [0.1, 0.15) is 0 Å². The van der Waals surface area contributed by atoms with Crippen molar-refractivity contribution in [3.05, 3.63) is 0 Å². The van der Waals surface area contributed by atoms with Gasteiger partial charge in [-0.25, -0.2) is 4.79 Å². The minimum Gasteiger partial charge on any atom is -0.335 e. The van der Waals surface area contributed by atoms with E-state index >= 15 is 0 Å². The average molecular weight is 337 g/mol. The molecule has 3 rings (SSSR count). The maximum atomic E-state index is 12.6. The van der Waals surface area contributed by atoms with Gasteiger partial charge in [0.25, 0.3) is 0 Å². The molecular weight excluding hydrogens is 300 g/mol. The lowest BCUT2D eigenvalue weighted by Gasteiger charge is -2.38. The van der Waals surface area contributed by atoms with E-state index < -0.39 is 0 Å². The molecule has 0 aromatic carbocycles. The van der Waals surface area contributed by atoms with Crippen LogP contribution in [0, 0.1) is 5.92 Å². The van der Waals surface area contributed by atoms with E-state index in [0.29, 0.717) is 12.1 Å². The van der Waals surface area contributed by atoms with Gasteiger partial charge in [-0.05, 0) is 58.5 Å². The second kappa shape index (κ2) is 8.52. The van der Waals surface area contributed by atoms with Gasteiger partial charge in [0.05, 0.1) is 0 Å². The van der Waals surface area contributed by atoms with E-state index in [4.69, 9.17) is 0 Å². The third-order valence-electron chi connectivity index (χ3n) is 6.32. The predicted octanol–water partition coefficient (Wildman–Crippen LogP) is 2.38. The van der Waals surface area contributed by atoms with Crippen LogP contribution in [-0.2, 0) is 0 Å². The fourth-order valence-corrected chi connectivity index (χ4v) is 4.64. The van der Waals surface area contributed by atoms with Crippen LogP contribution in [0.15, 0.2) is 0 Å². The summed E-state index contributed by atoms with van der Waals surface area (Å²) in [7, 11) is 4.23. The molecule has 0 aromatic rings. The molecule has 138 valence electrons. The van der Waals surface area contributed by atoms with Gasteiger partial charge in [-0.3, -0.25) is 0 Å². The zero-order chi connectivity index (χ0) is 16.9. The number of likely N-dealkylation sites (N-methyl/N-ethyl adjacent to an activating group) is 1. The summed E-state index contributed by atoms with van der Waals surface area (Å²) in [5, 5.41) is 3.30. The number of piperidine rings is 2. The minimum absolute atomic E-state index is 0.163. The number of nitrogens with one attached hydrogen (secondary N) is 1. The van der Waals surface area contributed by atoms with Crippen molar-refractivity contribution < 1.29 is 4.79 Å². The third kappa shape index (κ3) is 4.85. The Balaban J connectivity index is 1.38. The number of hydrogen-bond donors (Lipinski definition) is 1. The van der Waals surface area contributed by atoms with Crippen molar-refractivity contribution in [2.24, 2.45) is 5.92 Å². The normalized spacial score (nSPS) is 27.8. The number of carbonyl (C=O) groups excluding carboxylic acids is 1. The Morgan fingerprint density at radius 1 is 1.00 bits per heavy atom. The van der Waals surface area contributed by atoms with Crippen molar-refractivity contribution >= 4 is 6.03 Å². The highest BCUT2D eigenvalue weighted by Crippen LogP contribution is 2.26. The second-order valence-electron chi connectivity index (χ2n) is 8.38.